The van der Waals surface area contributed by atoms with Crippen molar-refractivity contribution in [2.75, 3.05) is 13.1 Å². The van der Waals surface area contributed by atoms with Crippen molar-refractivity contribution in [1.29, 1.82) is 0 Å². The first-order valence-electron chi connectivity index (χ1n) is 5.43. The van der Waals surface area contributed by atoms with Crippen LogP contribution in [0.1, 0.15) is 38.3 Å². The van der Waals surface area contributed by atoms with E-state index in [1.165, 1.54) is 12.8 Å². The van der Waals surface area contributed by atoms with Crippen molar-refractivity contribution in [3.05, 3.63) is 24.3 Å². The molecule has 0 amide bonds. The van der Waals surface area contributed by atoms with E-state index in [0.29, 0.717) is 5.92 Å². The quantitative estimate of drug-likeness (QED) is 0.741. The van der Waals surface area contributed by atoms with Crippen LogP contribution in [0.15, 0.2) is 18.6 Å². The fraction of sp³-hybridized carbons (Fsp3) is 0.636. The van der Waals surface area contributed by atoms with Gasteiger partial charge in [0.25, 0.3) is 0 Å². The average Bonchev–Trinajstić information content (AvgIpc) is 2.34. The second kappa shape index (κ2) is 6.49. The van der Waals surface area contributed by atoms with Crippen molar-refractivity contribution in [2.24, 2.45) is 0 Å². The molecule has 1 saturated heterocycles. The molecule has 1 aliphatic rings. The number of piperidine rings is 1. The Hall–Kier alpha value is -0.960. The molecule has 0 radical (unpaired) electrons. The Morgan fingerprint density at radius 1 is 1.21 bits per heavy atom. The summed E-state index contributed by atoms with van der Waals surface area (Å²) in [5.41, 5.74) is 1.15. The second-order valence-electron chi connectivity index (χ2n) is 3.15. The van der Waals surface area contributed by atoms with Crippen LogP contribution in [0.5, 0.6) is 0 Å². The average molecular weight is 193 g/mol. The van der Waals surface area contributed by atoms with Gasteiger partial charge in [-0.15, -0.1) is 0 Å². The second-order valence-corrected chi connectivity index (χ2v) is 3.15. The lowest BCUT2D eigenvalue weighted by atomic mass is 9.95. The smallest absolute Gasteiger partial charge is 0.0618 e. The third-order valence-electron chi connectivity index (χ3n) is 2.34. The van der Waals surface area contributed by atoms with Crippen LogP contribution >= 0.6 is 0 Å². The molecule has 0 aromatic carbocycles. The highest BCUT2D eigenvalue weighted by Gasteiger charge is 2.15. The maximum atomic E-state index is 4.31. The molecule has 0 saturated carbocycles. The van der Waals surface area contributed by atoms with Gasteiger partial charge in [-0.3, -0.25) is 9.97 Å². The summed E-state index contributed by atoms with van der Waals surface area (Å²) in [6.45, 7) is 6.22. The third-order valence-corrected chi connectivity index (χ3v) is 2.34. The summed E-state index contributed by atoms with van der Waals surface area (Å²) in [6.07, 6.45) is 7.77. The van der Waals surface area contributed by atoms with Gasteiger partial charge >= 0.3 is 0 Å². The fourth-order valence-corrected chi connectivity index (χ4v) is 1.64. The molecule has 78 valence electrons. The van der Waals surface area contributed by atoms with Crippen LogP contribution in [0.2, 0.25) is 0 Å². The maximum absolute atomic E-state index is 4.31. The van der Waals surface area contributed by atoms with E-state index < -0.39 is 0 Å². The minimum atomic E-state index is 0.625. The van der Waals surface area contributed by atoms with E-state index in [2.05, 4.69) is 15.3 Å². The van der Waals surface area contributed by atoms with Gasteiger partial charge < -0.3 is 5.32 Å². The molecule has 2 rings (SSSR count). The van der Waals surface area contributed by atoms with Crippen molar-refractivity contribution in [1.82, 2.24) is 15.3 Å². The summed E-state index contributed by atoms with van der Waals surface area (Å²) in [5, 5.41) is 3.34. The lowest BCUT2D eigenvalue weighted by Gasteiger charge is -2.21. The highest BCUT2D eigenvalue weighted by Crippen LogP contribution is 2.21. The number of hydrogen-bond acceptors (Lipinski definition) is 3. The zero-order chi connectivity index (χ0) is 10.2. The first-order valence-corrected chi connectivity index (χ1v) is 5.43. The van der Waals surface area contributed by atoms with E-state index in [0.717, 1.165) is 18.8 Å². The lowest BCUT2D eigenvalue weighted by molar-refractivity contribution is 0.452. The molecular weight excluding hydrogens is 174 g/mol. The number of rotatable bonds is 1. The van der Waals surface area contributed by atoms with E-state index >= 15 is 0 Å². The predicted molar refractivity (Wildman–Crippen MR) is 58.2 cm³/mol. The van der Waals surface area contributed by atoms with E-state index in [1.54, 1.807) is 12.4 Å². The molecule has 1 aromatic rings. The number of nitrogens with one attached hydrogen (secondary N) is 1. The molecule has 0 unspecified atom stereocenters. The number of hydrogen-bond donors (Lipinski definition) is 1. The van der Waals surface area contributed by atoms with Gasteiger partial charge in [0.2, 0.25) is 0 Å². The SMILES string of the molecule is CC.c1cnc(C2CCNCC2)cn1. The van der Waals surface area contributed by atoms with Crippen molar-refractivity contribution in [2.45, 2.75) is 32.6 Å². The van der Waals surface area contributed by atoms with Crippen LogP contribution in [0.25, 0.3) is 0 Å². The van der Waals surface area contributed by atoms with Gasteiger partial charge in [-0.05, 0) is 25.9 Å². The Morgan fingerprint density at radius 3 is 2.50 bits per heavy atom. The molecule has 1 aliphatic heterocycles. The molecule has 14 heavy (non-hydrogen) atoms. The molecule has 0 aliphatic carbocycles. The highest BCUT2D eigenvalue weighted by molar-refractivity contribution is 5.04. The van der Waals surface area contributed by atoms with Crippen LogP contribution in [-0.4, -0.2) is 23.1 Å². The van der Waals surface area contributed by atoms with Gasteiger partial charge in [0.05, 0.1) is 5.69 Å². The van der Waals surface area contributed by atoms with Crippen LogP contribution in [-0.2, 0) is 0 Å². The van der Waals surface area contributed by atoms with Gasteiger partial charge in [0, 0.05) is 24.5 Å². The summed E-state index contributed by atoms with van der Waals surface area (Å²) in [5.74, 6) is 0.625. The third kappa shape index (κ3) is 3.07. The molecule has 1 N–H and O–H groups in total. The Labute approximate surface area is 86.0 Å². The molecule has 0 bridgehead atoms. The molecule has 3 nitrogen and oxygen atoms in total. The van der Waals surface area contributed by atoms with Crippen LogP contribution in [0, 0.1) is 0 Å². The highest BCUT2D eigenvalue weighted by atomic mass is 14.9. The van der Waals surface area contributed by atoms with Crippen LogP contribution < -0.4 is 5.32 Å². The van der Waals surface area contributed by atoms with E-state index in [9.17, 15) is 0 Å². The summed E-state index contributed by atoms with van der Waals surface area (Å²) in [7, 11) is 0. The monoisotopic (exact) mass is 193 g/mol. The van der Waals surface area contributed by atoms with Crippen molar-refractivity contribution < 1.29 is 0 Å². The summed E-state index contributed by atoms with van der Waals surface area (Å²) >= 11 is 0. The first kappa shape index (κ1) is 11.1. The minimum absolute atomic E-state index is 0.625. The zero-order valence-corrected chi connectivity index (χ0v) is 9.03. The Bertz CT molecular complexity index is 230. The lowest BCUT2D eigenvalue weighted by Crippen LogP contribution is -2.27. The van der Waals surface area contributed by atoms with Crippen molar-refractivity contribution in [3.8, 4) is 0 Å². The molecular formula is C11H19N3. The molecule has 0 spiro atoms. The molecule has 1 aromatic heterocycles. The first-order chi connectivity index (χ1) is 6.97. The normalized spacial score (nSPS) is 17.0. The van der Waals surface area contributed by atoms with E-state index in [-0.39, 0.29) is 0 Å². The van der Waals surface area contributed by atoms with Gasteiger partial charge in [-0.25, -0.2) is 0 Å². The van der Waals surface area contributed by atoms with E-state index in [4.69, 9.17) is 0 Å². The fourth-order valence-electron chi connectivity index (χ4n) is 1.64. The number of nitrogens with zero attached hydrogens (tertiary/aromatic N) is 2. The Morgan fingerprint density at radius 2 is 1.93 bits per heavy atom. The summed E-state index contributed by atoms with van der Waals surface area (Å²) in [6, 6.07) is 0. The van der Waals surface area contributed by atoms with Gasteiger partial charge in [-0.2, -0.15) is 0 Å². The van der Waals surface area contributed by atoms with Crippen molar-refractivity contribution >= 4 is 0 Å². The van der Waals surface area contributed by atoms with Gasteiger partial charge in [0.15, 0.2) is 0 Å². The van der Waals surface area contributed by atoms with Crippen LogP contribution in [0.3, 0.4) is 0 Å². The zero-order valence-electron chi connectivity index (χ0n) is 9.03. The molecule has 0 atom stereocenters. The Kier molecular flexibility index (Phi) is 5.15. The minimum Gasteiger partial charge on any atom is -0.317 e. The maximum Gasteiger partial charge on any atom is 0.0618 e. The van der Waals surface area contributed by atoms with Crippen LogP contribution in [0.4, 0.5) is 0 Å². The Balaban J connectivity index is 0.000000461. The molecule has 2 heterocycles. The summed E-state index contributed by atoms with van der Waals surface area (Å²) in [4.78, 5) is 8.39. The van der Waals surface area contributed by atoms with Crippen molar-refractivity contribution in [3.63, 3.8) is 0 Å². The van der Waals surface area contributed by atoms with Gasteiger partial charge in [0.1, 0.15) is 0 Å². The molecule has 3 heteroatoms. The topological polar surface area (TPSA) is 37.8 Å². The van der Waals surface area contributed by atoms with Gasteiger partial charge in [-0.1, -0.05) is 13.8 Å². The largest absolute Gasteiger partial charge is 0.317 e. The standard InChI is InChI=1S/C9H13N3.C2H6/c1-3-10-4-2-8(1)9-7-11-5-6-12-9;1-2/h5-8,10H,1-4H2;1-2H3. The number of aromatic nitrogens is 2. The molecule has 1 fully saturated rings. The predicted octanol–water partition coefficient (Wildman–Crippen LogP) is 1.97. The summed E-state index contributed by atoms with van der Waals surface area (Å²) < 4.78 is 0. The van der Waals surface area contributed by atoms with E-state index in [1.807, 2.05) is 20.0 Å².